The van der Waals surface area contributed by atoms with Gasteiger partial charge in [-0.25, -0.2) is 4.98 Å². The normalized spacial score (nSPS) is 10.6. The first-order chi connectivity index (χ1) is 8.72. The van der Waals surface area contributed by atoms with Crippen molar-refractivity contribution in [3.05, 3.63) is 52.1 Å². The zero-order valence-corrected chi connectivity index (χ0v) is 10.6. The molecule has 0 aliphatic rings. The third-order valence-electron chi connectivity index (χ3n) is 2.73. The highest BCUT2D eigenvalue weighted by Crippen LogP contribution is 2.16. The molecule has 1 N–H and O–H groups in total. The summed E-state index contributed by atoms with van der Waals surface area (Å²) in [7, 11) is 1.57. The van der Waals surface area contributed by atoms with Crippen LogP contribution < -0.4 is 5.56 Å². The van der Waals surface area contributed by atoms with Crippen LogP contribution in [0.25, 0.3) is 11.3 Å². The second-order valence-corrected chi connectivity index (χ2v) is 4.06. The number of nitrogens with zero attached hydrogens (tertiary/aromatic N) is 1. The van der Waals surface area contributed by atoms with Crippen molar-refractivity contribution in [2.24, 2.45) is 0 Å². The van der Waals surface area contributed by atoms with Crippen LogP contribution in [0.3, 0.4) is 0 Å². The van der Waals surface area contributed by atoms with Gasteiger partial charge >= 0.3 is 0 Å². The van der Waals surface area contributed by atoms with Crippen LogP contribution in [0.15, 0.2) is 35.1 Å². The standard InChI is InChI=1S/C14H16N2O2/c1-3-10-4-6-11(7-5-10)12-8-14(17)16-13(15-12)9-18-2/h4-8H,3,9H2,1-2H3,(H,15,16,17). The van der Waals surface area contributed by atoms with Crippen molar-refractivity contribution >= 4 is 0 Å². The Balaban J connectivity index is 2.39. The second kappa shape index (κ2) is 5.60. The monoisotopic (exact) mass is 244 g/mol. The average Bonchev–Trinajstić information content (AvgIpc) is 2.38. The molecule has 2 rings (SSSR count). The number of rotatable bonds is 4. The van der Waals surface area contributed by atoms with Gasteiger partial charge in [0.1, 0.15) is 12.4 Å². The highest BCUT2D eigenvalue weighted by molar-refractivity contribution is 5.58. The Labute approximate surface area is 106 Å². The maximum atomic E-state index is 11.5. The molecule has 1 aromatic carbocycles. The summed E-state index contributed by atoms with van der Waals surface area (Å²) in [5, 5.41) is 0. The molecular weight excluding hydrogens is 228 g/mol. The van der Waals surface area contributed by atoms with Crippen LogP contribution in [-0.4, -0.2) is 17.1 Å². The lowest BCUT2D eigenvalue weighted by atomic mass is 10.1. The highest BCUT2D eigenvalue weighted by Gasteiger charge is 2.04. The second-order valence-electron chi connectivity index (χ2n) is 4.06. The van der Waals surface area contributed by atoms with Crippen LogP contribution in [0.4, 0.5) is 0 Å². The number of ether oxygens (including phenoxy) is 1. The van der Waals surface area contributed by atoms with Crippen LogP contribution >= 0.6 is 0 Å². The summed E-state index contributed by atoms with van der Waals surface area (Å²) < 4.78 is 4.98. The summed E-state index contributed by atoms with van der Waals surface area (Å²) in [5.41, 5.74) is 2.72. The van der Waals surface area contributed by atoms with Crippen molar-refractivity contribution in [2.75, 3.05) is 7.11 Å². The lowest BCUT2D eigenvalue weighted by Crippen LogP contribution is -2.11. The van der Waals surface area contributed by atoms with Crippen molar-refractivity contribution in [3.8, 4) is 11.3 Å². The van der Waals surface area contributed by atoms with Gasteiger partial charge < -0.3 is 9.72 Å². The number of aryl methyl sites for hydroxylation is 1. The lowest BCUT2D eigenvalue weighted by Gasteiger charge is -2.04. The van der Waals surface area contributed by atoms with E-state index < -0.39 is 0 Å². The number of nitrogens with one attached hydrogen (secondary N) is 1. The Kier molecular flexibility index (Phi) is 3.89. The minimum atomic E-state index is -0.161. The van der Waals surface area contributed by atoms with Gasteiger partial charge in [0, 0.05) is 18.7 Å². The molecule has 4 nitrogen and oxygen atoms in total. The van der Waals surface area contributed by atoms with Crippen LogP contribution in [0.2, 0.25) is 0 Å². The van der Waals surface area contributed by atoms with E-state index in [0.717, 1.165) is 12.0 Å². The van der Waals surface area contributed by atoms with E-state index in [0.29, 0.717) is 18.1 Å². The number of aromatic amines is 1. The first kappa shape index (κ1) is 12.5. The molecule has 0 aliphatic heterocycles. The number of hydrogen-bond acceptors (Lipinski definition) is 3. The van der Waals surface area contributed by atoms with Gasteiger partial charge in [0.25, 0.3) is 5.56 Å². The maximum Gasteiger partial charge on any atom is 0.251 e. The summed E-state index contributed by atoms with van der Waals surface area (Å²) in [6.45, 7) is 2.41. The molecule has 2 aromatic rings. The Morgan fingerprint density at radius 2 is 2.00 bits per heavy atom. The molecule has 0 aliphatic carbocycles. The fraction of sp³-hybridized carbons (Fsp3) is 0.286. The Morgan fingerprint density at radius 3 is 2.61 bits per heavy atom. The first-order valence-electron chi connectivity index (χ1n) is 5.91. The van der Waals surface area contributed by atoms with E-state index >= 15 is 0 Å². The lowest BCUT2D eigenvalue weighted by molar-refractivity contribution is 0.177. The zero-order valence-electron chi connectivity index (χ0n) is 10.6. The van der Waals surface area contributed by atoms with Crippen LogP contribution in [-0.2, 0) is 17.8 Å². The van der Waals surface area contributed by atoms with Crippen LogP contribution in [0, 0.1) is 0 Å². The smallest absolute Gasteiger partial charge is 0.251 e. The van der Waals surface area contributed by atoms with Gasteiger partial charge in [-0.15, -0.1) is 0 Å². The summed E-state index contributed by atoms with van der Waals surface area (Å²) in [4.78, 5) is 18.5. The van der Waals surface area contributed by atoms with E-state index in [1.54, 1.807) is 7.11 Å². The molecule has 94 valence electrons. The summed E-state index contributed by atoms with van der Waals surface area (Å²) >= 11 is 0. The Morgan fingerprint density at radius 1 is 1.28 bits per heavy atom. The number of benzene rings is 1. The molecule has 18 heavy (non-hydrogen) atoms. The summed E-state index contributed by atoms with van der Waals surface area (Å²) in [5.74, 6) is 0.541. The van der Waals surface area contributed by atoms with Gasteiger partial charge in [-0.1, -0.05) is 31.2 Å². The van der Waals surface area contributed by atoms with Crippen molar-refractivity contribution < 1.29 is 4.74 Å². The van der Waals surface area contributed by atoms with Crippen molar-refractivity contribution in [1.82, 2.24) is 9.97 Å². The van der Waals surface area contributed by atoms with E-state index in [-0.39, 0.29) is 5.56 Å². The van der Waals surface area contributed by atoms with Crippen molar-refractivity contribution in [3.63, 3.8) is 0 Å². The third-order valence-corrected chi connectivity index (χ3v) is 2.73. The number of H-pyrrole nitrogens is 1. The van der Waals surface area contributed by atoms with Gasteiger partial charge in [0.05, 0.1) is 5.69 Å². The van der Waals surface area contributed by atoms with Gasteiger partial charge in [-0.3, -0.25) is 4.79 Å². The fourth-order valence-corrected chi connectivity index (χ4v) is 1.77. The van der Waals surface area contributed by atoms with Crippen LogP contribution in [0.1, 0.15) is 18.3 Å². The molecule has 0 saturated carbocycles. The van der Waals surface area contributed by atoms with Gasteiger partial charge in [0.15, 0.2) is 0 Å². The fourth-order valence-electron chi connectivity index (χ4n) is 1.77. The molecule has 0 bridgehead atoms. The zero-order chi connectivity index (χ0) is 13.0. The van der Waals surface area contributed by atoms with Gasteiger partial charge in [-0.2, -0.15) is 0 Å². The first-order valence-corrected chi connectivity index (χ1v) is 5.91. The summed E-state index contributed by atoms with van der Waals surface area (Å²) in [6.07, 6.45) is 0.998. The molecule has 1 heterocycles. The number of aromatic nitrogens is 2. The number of methoxy groups -OCH3 is 1. The molecule has 0 atom stereocenters. The van der Waals surface area contributed by atoms with E-state index in [2.05, 4.69) is 16.9 Å². The van der Waals surface area contributed by atoms with Crippen molar-refractivity contribution in [1.29, 1.82) is 0 Å². The molecule has 0 radical (unpaired) electrons. The quantitative estimate of drug-likeness (QED) is 0.896. The highest BCUT2D eigenvalue weighted by atomic mass is 16.5. The van der Waals surface area contributed by atoms with Crippen molar-refractivity contribution in [2.45, 2.75) is 20.0 Å². The molecule has 4 heteroatoms. The molecule has 1 aromatic heterocycles. The minimum Gasteiger partial charge on any atom is -0.377 e. The molecule has 0 spiro atoms. The Hall–Kier alpha value is -1.94. The predicted molar refractivity (Wildman–Crippen MR) is 70.4 cm³/mol. The Bertz CT molecular complexity index is 573. The molecular formula is C14H16N2O2. The SMILES string of the molecule is CCc1ccc(-c2cc(=O)[nH]c(COC)n2)cc1. The minimum absolute atomic E-state index is 0.161. The predicted octanol–water partition coefficient (Wildman–Crippen LogP) is 2.15. The molecule has 0 saturated heterocycles. The maximum absolute atomic E-state index is 11.5. The number of hydrogen-bond donors (Lipinski definition) is 1. The van der Waals surface area contributed by atoms with E-state index in [4.69, 9.17) is 4.74 Å². The third kappa shape index (κ3) is 2.84. The molecule has 0 amide bonds. The summed E-state index contributed by atoms with van der Waals surface area (Å²) in [6, 6.07) is 9.57. The largest absolute Gasteiger partial charge is 0.377 e. The average molecular weight is 244 g/mol. The van der Waals surface area contributed by atoms with Gasteiger partial charge in [0.2, 0.25) is 0 Å². The van der Waals surface area contributed by atoms with Crippen LogP contribution in [0.5, 0.6) is 0 Å². The van der Waals surface area contributed by atoms with E-state index in [9.17, 15) is 4.79 Å². The molecule has 0 unspecified atom stereocenters. The van der Waals surface area contributed by atoms with E-state index in [1.165, 1.54) is 11.6 Å². The molecule has 0 fully saturated rings. The van der Waals surface area contributed by atoms with Gasteiger partial charge in [-0.05, 0) is 12.0 Å². The topological polar surface area (TPSA) is 55.0 Å². The van der Waals surface area contributed by atoms with E-state index in [1.807, 2.05) is 24.3 Å².